The Morgan fingerprint density at radius 3 is 2.46 bits per heavy atom. The van der Waals surface area contributed by atoms with Crippen molar-refractivity contribution in [1.29, 1.82) is 0 Å². The van der Waals surface area contributed by atoms with E-state index in [2.05, 4.69) is 5.32 Å². The fourth-order valence-corrected chi connectivity index (χ4v) is 1.97. The van der Waals surface area contributed by atoms with E-state index in [-0.39, 0.29) is 36.0 Å². The van der Waals surface area contributed by atoms with Crippen LogP contribution in [0, 0.1) is 10.1 Å². The number of benzene rings is 1. The largest absolute Gasteiger partial charge is 0.477 e. The number of nitrogens with one attached hydrogen (secondary N) is 1. The molecular weight excluding hydrogens is 314 g/mol. The molecule has 24 heavy (non-hydrogen) atoms. The van der Waals surface area contributed by atoms with Crippen LogP contribution in [0.5, 0.6) is 5.75 Å². The van der Waals surface area contributed by atoms with Crippen molar-refractivity contribution in [3.8, 4) is 5.75 Å². The number of carbonyl (C=O) groups is 2. The smallest absolute Gasteiger partial charge is 0.310 e. The Labute approximate surface area is 140 Å². The van der Waals surface area contributed by atoms with Gasteiger partial charge in [0.25, 0.3) is 5.91 Å². The Bertz CT molecular complexity index is 610. The molecule has 0 radical (unpaired) electrons. The summed E-state index contributed by atoms with van der Waals surface area (Å²) in [7, 11) is 0. The minimum Gasteiger partial charge on any atom is -0.477 e. The summed E-state index contributed by atoms with van der Waals surface area (Å²) < 4.78 is 5.26. The Balaban J connectivity index is 2.65. The van der Waals surface area contributed by atoms with Crippen LogP contribution in [0.3, 0.4) is 0 Å². The molecule has 1 N–H and O–H groups in total. The lowest BCUT2D eigenvalue weighted by Crippen LogP contribution is -2.48. The van der Waals surface area contributed by atoms with Crippen molar-refractivity contribution in [3.05, 3.63) is 34.4 Å². The third kappa shape index (κ3) is 6.23. The maximum absolute atomic E-state index is 12.2. The summed E-state index contributed by atoms with van der Waals surface area (Å²) in [6.07, 6.45) is 0. The van der Waals surface area contributed by atoms with Gasteiger partial charge in [-0.15, -0.1) is 0 Å². The number of hydrogen-bond donors (Lipinski definition) is 1. The van der Waals surface area contributed by atoms with Gasteiger partial charge >= 0.3 is 5.69 Å². The average Bonchev–Trinajstić information content (AvgIpc) is 2.48. The minimum atomic E-state index is -0.575. The van der Waals surface area contributed by atoms with E-state index in [1.54, 1.807) is 13.0 Å². The summed E-state index contributed by atoms with van der Waals surface area (Å²) >= 11 is 0. The number of nitro groups is 1. The van der Waals surface area contributed by atoms with Gasteiger partial charge in [-0.3, -0.25) is 19.7 Å². The van der Waals surface area contributed by atoms with E-state index in [9.17, 15) is 19.7 Å². The van der Waals surface area contributed by atoms with Crippen LogP contribution in [0.1, 0.15) is 27.7 Å². The van der Waals surface area contributed by atoms with E-state index in [1.807, 2.05) is 20.8 Å². The van der Waals surface area contributed by atoms with Crippen LogP contribution in [-0.2, 0) is 9.59 Å². The number of amides is 2. The fourth-order valence-electron chi connectivity index (χ4n) is 1.97. The van der Waals surface area contributed by atoms with Gasteiger partial charge in [-0.1, -0.05) is 12.1 Å². The molecule has 1 aromatic rings. The van der Waals surface area contributed by atoms with E-state index in [4.69, 9.17) is 4.74 Å². The first-order chi connectivity index (χ1) is 11.1. The molecule has 0 atom stereocenters. The molecule has 8 heteroatoms. The highest BCUT2D eigenvalue weighted by Crippen LogP contribution is 2.25. The average molecular weight is 337 g/mol. The van der Waals surface area contributed by atoms with Crippen LogP contribution in [0.2, 0.25) is 0 Å². The van der Waals surface area contributed by atoms with E-state index in [0.29, 0.717) is 6.54 Å². The van der Waals surface area contributed by atoms with Gasteiger partial charge < -0.3 is 15.0 Å². The first-order valence-corrected chi connectivity index (χ1v) is 7.59. The zero-order valence-electron chi connectivity index (χ0n) is 14.4. The second-order valence-corrected chi connectivity index (χ2v) is 6.22. The summed E-state index contributed by atoms with van der Waals surface area (Å²) in [5, 5.41) is 13.7. The van der Waals surface area contributed by atoms with Crippen LogP contribution in [0.25, 0.3) is 0 Å². The number of nitrogens with zero attached hydrogens (tertiary/aromatic N) is 2. The van der Waals surface area contributed by atoms with Crippen LogP contribution < -0.4 is 10.1 Å². The van der Waals surface area contributed by atoms with Gasteiger partial charge in [-0.25, -0.2) is 0 Å². The van der Waals surface area contributed by atoms with Crippen molar-refractivity contribution < 1.29 is 19.2 Å². The van der Waals surface area contributed by atoms with E-state index < -0.39 is 10.8 Å². The van der Waals surface area contributed by atoms with Gasteiger partial charge in [0.15, 0.2) is 12.4 Å². The molecule has 0 fully saturated rings. The van der Waals surface area contributed by atoms with Gasteiger partial charge in [-0.05, 0) is 33.8 Å². The number of carbonyl (C=O) groups excluding carboxylic acids is 2. The predicted octanol–water partition coefficient (Wildman–Crippen LogP) is 1.74. The lowest BCUT2D eigenvalue weighted by atomic mass is 10.1. The molecule has 0 spiro atoms. The predicted molar refractivity (Wildman–Crippen MR) is 88.7 cm³/mol. The molecule has 0 bridgehead atoms. The summed E-state index contributed by atoms with van der Waals surface area (Å²) in [6.45, 7) is 7.15. The van der Waals surface area contributed by atoms with E-state index in [1.165, 1.54) is 23.1 Å². The summed E-state index contributed by atoms with van der Waals surface area (Å²) in [5.74, 6) is -0.672. The molecule has 2 amide bonds. The minimum absolute atomic E-state index is 0.0195. The third-order valence-corrected chi connectivity index (χ3v) is 3.00. The van der Waals surface area contributed by atoms with E-state index in [0.717, 1.165) is 0 Å². The summed E-state index contributed by atoms with van der Waals surface area (Å²) in [6, 6.07) is 5.82. The van der Waals surface area contributed by atoms with Gasteiger partial charge in [0.1, 0.15) is 0 Å². The van der Waals surface area contributed by atoms with Crippen molar-refractivity contribution in [1.82, 2.24) is 10.2 Å². The van der Waals surface area contributed by atoms with Gasteiger partial charge in [-0.2, -0.15) is 0 Å². The standard InChI is InChI=1S/C16H23N3O5/c1-5-18(10-14(20)17-16(2,3)4)15(21)11-24-13-9-7-6-8-12(13)19(22)23/h6-9H,5,10-11H2,1-4H3,(H,17,20). The molecule has 0 unspecified atom stereocenters. The first kappa shape index (κ1) is 19.4. The maximum atomic E-state index is 12.2. The van der Waals surface area contributed by atoms with Crippen LogP contribution in [-0.4, -0.2) is 46.9 Å². The van der Waals surface area contributed by atoms with Gasteiger partial charge in [0, 0.05) is 18.2 Å². The molecule has 8 nitrogen and oxygen atoms in total. The summed E-state index contributed by atoms with van der Waals surface area (Å²) in [5.41, 5.74) is -0.598. The number of ether oxygens (including phenoxy) is 1. The number of hydrogen-bond acceptors (Lipinski definition) is 5. The molecule has 0 saturated heterocycles. The second-order valence-electron chi connectivity index (χ2n) is 6.22. The van der Waals surface area contributed by atoms with Crippen molar-refractivity contribution >= 4 is 17.5 Å². The Hall–Kier alpha value is -2.64. The zero-order chi connectivity index (χ0) is 18.3. The molecule has 0 heterocycles. The highest BCUT2D eigenvalue weighted by atomic mass is 16.6. The topological polar surface area (TPSA) is 102 Å². The lowest BCUT2D eigenvalue weighted by Gasteiger charge is -2.25. The highest BCUT2D eigenvalue weighted by molar-refractivity contribution is 5.85. The maximum Gasteiger partial charge on any atom is 0.310 e. The van der Waals surface area contributed by atoms with Crippen molar-refractivity contribution in [3.63, 3.8) is 0 Å². The Kier molecular flexibility index (Phi) is 6.69. The number of rotatable bonds is 7. The number of para-hydroxylation sites is 2. The molecule has 132 valence electrons. The molecule has 0 aliphatic rings. The van der Waals surface area contributed by atoms with Crippen LogP contribution >= 0.6 is 0 Å². The lowest BCUT2D eigenvalue weighted by molar-refractivity contribution is -0.385. The zero-order valence-corrected chi connectivity index (χ0v) is 14.4. The van der Waals surface area contributed by atoms with E-state index >= 15 is 0 Å². The quantitative estimate of drug-likeness (QED) is 0.603. The van der Waals surface area contributed by atoms with Crippen LogP contribution in [0.15, 0.2) is 24.3 Å². The molecular formula is C16H23N3O5. The van der Waals surface area contributed by atoms with Crippen molar-refractivity contribution in [2.24, 2.45) is 0 Å². The molecule has 1 aromatic carbocycles. The molecule has 0 aliphatic heterocycles. The first-order valence-electron chi connectivity index (χ1n) is 7.59. The normalized spacial score (nSPS) is 10.8. The van der Waals surface area contributed by atoms with Crippen molar-refractivity contribution in [2.75, 3.05) is 19.7 Å². The summed E-state index contributed by atoms with van der Waals surface area (Å²) in [4.78, 5) is 35.8. The Morgan fingerprint density at radius 1 is 1.29 bits per heavy atom. The number of nitro benzene ring substituents is 1. The number of likely N-dealkylation sites (N-methyl/N-ethyl adjacent to an activating group) is 1. The SMILES string of the molecule is CCN(CC(=O)NC(C)(C)C)C(=O)COc1ccccc1[N+](=O)[O-]. The van der Waals surface area contributed by atoms with Gasteiger partial charge in [0.2, 0.25) is 5.91 Å². The van der Waals surface area contributed by atoms with Crippen LogP contribution in [0.4, 0.5) is 5.69 Å². The fraction of sp³-hybridized carbons (Fsp3) is 0.500. The molecule has 0 aromatic heterocycles. The molecule has 0 aliphatic carbocycles. The third-order valence-electron chi connectivity index (χ3n) is 3.00. The highest BCUT2D eigenvalue weighted by Gasteiger charge is 2.21. The Morgan fingerprint density at radius 2 is 1.92 bits per heavy atom. The molecule has 0 saturated carbocycles. The van der Waals surface area contributed by atoms with Crippen molar-refractivity contribution in [2.45, 2.75) is 33.2 Å². The van der Waals surface area contributed by atoms with Gasteiger partial charge in [0.05, 0.1) is 11.5 Å². The molecule has 1 rings (SSSR count). The monoisotopic (exact) mass is 337 g/mol. The second kappa shape index (κ2) is 8.28.